The van der Waals surface area contributed by atoms with Gasteiger partial charge in [0.05, 0.1) is 6.26 Å². The van der Waals surface area contributed by atoms with Crippen molar-refractivity contribution in [3.63, 3.8) is 0 Å². The molecule has 6 nitrogen and oxygen atoms in total. The third kappa shape index (κ3) is 5.09. The van der Waals surface area contributed by atoms with E-state index in [1.54, 1.807) is 50.1 Å². The summed E-state index contributed by atoms with van der Waals surface area (Å²) in [6.45, 7) is 4.49. The second kappa shape index (κ2) is 7.51. The molecule has 0 saturated carbocycles. The number of hydrogen-bond donors (Lipinski definition) is 0. The third-order valence-corrected chi connectivity index (χ3v) is 6.09. The minimum Gasteiger partial charge on any atom is -0.478 e. The first kappa shape index (κ1) is 20.0. The number of benzene rings is 1. The van der Waals surface area contributed by atoms with Crippen LogP contribution in [0.4, 0.5) is 0 Å². The summed E-state index contributed by atoms with van der Waals surface area (Å²) in [6.07, 6.45) is 2.44. The highest BCUT2D eigenvalue weighted by molar-refractivity contribution is 7.88. The molecule has 0 unspecified atom stereocenters. The Morgan fingerprint density at radius 3 is 2.24 bits per heavy atom. The van der Waals surface area contributed by atoms with Gasteiger partial charge in [-0.3, -0.25) is 4.79 Å². The normalized spacial score (nSPS) is 17.0. The first-order valence-electron chi connectivity index (χ1n) is 8.17. The van der Waals surface area contributed by atoms with Gasteiger partial charge in [0.25, 0.3) is 5.91 Å². The maximum Gasteiger partial charge on any atom is 0.266 e. The highest BCUT2D eigenvalue weighted by Gasteiger charge is 2.37. The summed E-state index contributed by atoms with van der Waals surface area (Å²) < 4.78 is 30.5. The van der Waals surface area contributed by atoms with Crippen LogP contribution in [-0.4, -0.2) is 61.6 Å². The lowest BCUT2D eigenvalue weighted by Gasteiger charge is -2.39. The summed E-state index contributed by atoms with van der Waals surface area (Å²) in [5.74, 6) is 0.470. The van der Waals surface area contributed by atoms with Gasteiger partial charge < -0.3 is 9.64 Å². The van der Waals surface area contributed by atoms with E-state index in [9.17, 15) is 13.2 Å². The SMILES string of the molecule is CN(C1CCN(C(=O)C(C)(C)Oc2ccc(Cl)cc2)CC1)S(C)(=O)=O. The van der Waals surface area contributed by atoms with Crippen LogP contribution in [0.15, 0.2) is 24.3 Å². The molecule has 0 aromatic heterocycles. The Morgan fingerprint density at radius 2 is 1.76 bits per heavy atom. The van der Waals surface area contributed by atoms with Crippen molar-refractivity contribution in [2.24, 2.45) is 0 Å². The largest absolute Gasteiger partial charge is 0.478 e. The molecule has 140 valence electrons. The van der Waals surface area contributed by atoms with Gasteiger partial charge in [0.15, 0.2) is 5.60 Å². The molecule has 8 heteroatoms. The highest BCUT2D eigenvalue weighted by Crippen LogP contribution is 2.25. The Morgan fingerprint density at radius 1 is 1.24 bits per heavy atom. The first-order chi connectivity index (χ1) is 11.5. The van der Waals surface area contributed by atoms with E-state index in [1.807, 2.05) is 0 Å². The lowest BCUT2D eigenvalue weighted by atomic mass is 10.0. The topological polar surface area (TPSA) is 66.9 Å². The number of halogens is 1. The van der Waals surface area contributed by atoms with Gasteiger partial charge in [-0.15, -0.1) is 0 Å². The van der Waals surface area contributed by atoms with Crippen LogP contribution in [0.3, 0.4) is 0 Å². The number of hydrogen-bond acceptors (Lipinski definition) is 4. The van der Waals surface area contributed by atoms with Crippen LogP contribution in [0.5, 0.6) is 5.75 Å². The first-order valence-corrected chi connectivity index (χ1v) is 10.4. The molecule has 2 rings (SSSR count). The van der Waals surface area contributed by atoms with E-state index in [0.717, 1.165) is 0 Å². The van der Waals surface area contributed by atoms with E-state index in [2.05, 4.69) is 0 Å². The molecule has 1 aliphatic heterocycles. The second-order valence-electron chi connectivity index (χ2n) is 6.87. The monoisotopic (exact) mass is 388 g/mol. The smallest absolute Gasteiger partial charge is 0.266 e. The van der Waals surface area contributed by atoms with Crippen LogP contribution in [-0.2, 0) is 14.8 Å². The summed E-state index contributed by atoms with van der Waals surface area (Å²) in [5.41, 5.74) is -1.01. The maximum absolute atomic E-state index is 12.8. The van der Waals surface area contributed by atoms with Crippen molar-refractivity contribution in [1.29, 1.82) is 0 Å². The van der Waals surface area contributed by atoms with Crippen molar-refractivity contribution in [1.82, 2.24) is 9.21 Å². The standard InChI is InChI=1S/C17H25ClN2O4S/c1-17(2,24-15-7-5-13(18)6-8-15)16(21)20-11-9-14(10-12-20)19(3)25(4,22)23/h5-8,14H,9-12H2,1-4H3. The summed E-state index contributed by atoms with van der Waals surface area (Å²) in [4.78, 5) is 14.5. The number of nitrogens with zero attached hydrogens (tertiary/aromatic N) is 2. The zero-order valence-corrected chi connectivity index (χ0v) is 16.6. The number of ether oxygens (including phenoxy) is 1. The third-order valence-electron chi connectivity index (χ3n) is 4.49. The summed E-state index contributed by atoms with van der Waals surface area (Å²) in [5, 5.41) is 0.605. The van der Waals surface area contributed by atoms with E-state index in [0.29, 0.717) is 36.7 Å². The Hall–Kier alpha value is -1.31. The van der Waals surface area contributed by atoms with Gasteiger partial charge in [0.1, 0.15) is 5.75 Å². The molecule has 1 aromatic rings. The summed E-state index contributed by atoms with van der Waals surface area (Å²) in [7, 11) is -1.63. The average molecular weight is 389 g/mol. The molecule has 0 aliphatic carbocycles. The van der Waals surface area contributed by atoms with Crippen molar-refractivity contribution in [2.45, 2.75) is 38.3 Å². The van der Waals surface area contributed by atoms with Crippen molar-refractivity contribution in [3.05, 3.63) is 29.3 Å². The molecule has 25 heavy (non-hydrogen) atoms. The van der Waals surface area contributed by atoms with Gasteiger partial charge in [-0.25, -0.2) is 12.7 Å². The predicted molar refractivity (Wildman–Crippen MR) is 98.4 cm³/mol. The number of piperidine rings is 1. The Bertz CT molecular complexity index is 711. The van der Waals surface area contributed by atoms with Gasteiger partial charge in [-0.1, -0.05) is 11.6 Å². The fraction of sp³-hybridized carbons (Fsp3) is 0.588. The minimum absolute atomic E-state index is 0.0701. The van der Waals surface area contributed by atoms with Crippen molar-refractivity contribution in [2.75, 3.05) is 26.4 Å². The molecular formula is C17H25ClN2O4S. The second-order valence-corrected chi connectivity index (χ2v) is 9.35. The molecule has 0 spiro atoms. The highest BCUT2D eigenvalue weighted by atomic mass is 35.5. The lowest BCUT2D eigenvalue weighted by molar-refractivity contribution is -0.146. The average Bonchev–Trinajstić information content (AvgIpc) is 2.54. The van der Waals surface area contributed by atoms with Gasteiger partial charge in [-0.05, 0) is 51.0 Å². The Labute approximate surface area is 154 Å². The van der Waals surface area contributed by atoms with Crippen LogP contribution in [0.25, 0.3) is 0 Å². The summed E-state index contributed by atoms with van der Waals surface area (Å²) >= 11 is 5.86. The molecule has 0 N–H and O–H groups in total. The van der Waals surface area contributed by atoms with E-state index in [1.165, 1.54) is 10.6 Å². The van der Waals surface area contributed by atoms with E-state index in [4.69, 9.17) is 16.3 Å². The minimum atomic E-state index is -3.22. The van der Waals surface area contributed by atoms with Gasteiger partial charge >= 0.3 is 0 Å². The number of carbonyl (C=O) groups is 1. The molecule has 1 amide bonds. The summed E-state index contributed by atoms with van der Waals surface area (Å²) in [6, 6.07) is 6.81. The van der Waals surface area contributed by atoms with Crippen LogP contribution < -0.4 is 4.74 Å². The molecule has 1 aliphatic rings. The number of amides is 1. The van der Waals surface area contributed by atoms with Crippen LogP contribution in [0, 0.1) is 0 Å². The van der Waals surface area contributed by atoms with Gasteiger partial charge in [0.2, 0.25) is 10.0 Å². The van der Waals surface area contributed by atoms with Gasteiger partial charge in [0, 0.05) is 31.2 Å². The predicted octanol–water partition coefficient (Wildman–Crippen LogP) is 2.38. The molecule has 1 saturated heterocycles. The maximum atomic E-state index is 12.8. The molecule has 0 radical (unpaired) electrons. The fourth-order valence-corrected chi connectivity index (χ4v) is 3.80. The van der Waals surface area contributed by atoms with E-state index in [-0.39, 0.29) is 11.9 Å². The van der Waals surface area contributed by atoms with Crippen LogP contribution >= 0.6 is 11.6 Å². The zero-order valence-electron chi connectivity index (χ0n) is 15.0. The number of sulfonamides is 1. The van der Waals surface area contributed by atoms with Crippen molar-refractivity contribution >= 4 is 27.5 Å². The Balaban J connectivity index is 1.97. The van der Waals surface area contributed by atoms with Gasteiger partial charge in [-0.2, -0.15) is 0 Å². The van der Waals surface area contributed by atoms with Crippen molar-refractivity contribution < 1.29 is 17.9 Å². The van der Waals surface area contributed by atoms with Crippen LogP contribution in [0.2, 0.25) is 5.02 Å². The Kier molecular flexibility index (Phi) is 6.01. The zero-order chi connectivity index (χ0) is 18.8. The number of rotatable bonds is 5. The van der Waals surface area contributed by atoms with Crippen LogP contribution in [0.1, 0.15) is 26.7 Å². The van der Waals surface area contributed by atoms with E-state index < -0.39 is 15.6 Å². The molecule has 0 atom stereocenters. The van der Waals surface area contributed by atoms with E-state index >= 15 is 0 Å². The quantitative estimate of drug-likeness (QED) is 0.776. The molecular weight excluding hydrogens is 364 g/mol. The molecule has 1 aromatic carbocycles. The molecule has 0 bridgehead atoms. The number of carbonyl (C=O) groups excluding carboxylic acids is 1. The molecule has 1 heterocycles. The van der Waals surface area contributed by atoms with Crippen molar-refractivity contribution in [3.8, 4) is 5.75 Å². The number of likely N-dealkylation sites (tertiary alicyclic amines) is 1. The lowest BCUT2D eigenvalue weighted by Crippen LogP contribution is -2.53. The fourth-order valence-electron chi connectivity index (χ4n) is 2.93. The molecule has 1 fully saturated rings.